The molecule has 0 aromatic rings. The van der Waals surface area contributed by atoms with Gasteiger partial charge in [0.2, 0.25) is 0 Å². The number of alkyl carbamates (subject to hydrolysis) is 1. The Labute approximate surface area is 301 Å². The molecule has 0 saturated heterocycles. The third-order valence-electron chi connectivity index (χ3n) is 12.0. The van der Waals surface area contributed by atoms with Gasteiger partial charge in [0.05, 0.1) is 12.6 Å². The van der Waals surface area contributed by atoms with Crippen LogP contribution in [0.1, 0.15) is 118 Å². The van der Waals surface area contributed by atoms with E-state index in [0.717, 1.165) is 54.8 Å². The van der Waals surface area contributed by atoms with E-state index in [0.29, 0.717) is 24.8 Å². The molecule has 1 amide bonds. The van der Waals surface area contributed by atoms with Crippen LogP contribution >= 0.6 is 0 Å². The van der Waals surface area contributed by atoms with E-state index in [1.165, 1.54) is 65.6 Å². The van der Waals surface area contributed by atoms with Crippen molar-refractivity contribution in [2.75, 3.05) is 34.0 Å². The third kappa shape index (κ3) is 10.8. The van der Waals surface area contributed by atoms with E-state index in [1.54, 1.807) is 5.57 Å². The average molecular weight is 656 g/mol. The summed E-state index contributed by atoms with van der Waals surface area (Å²) in [5.74, 6) is 3.93. The van der Waals surface area contributed by atoms with Gasteiger partial charge < -0.3 is 29.4 Å². The molecule has 3 saturated carbocycles. The topological polar surface area (TPSA) is 114 Å². The Kier molecular flexibility index (Phi) is 17.3. The van der Waals surface area contributed by atoms with E-state index in [4.69, 9.17) is 9.47 Å². The number of hydrogen-bond acceptors (Lipinski definition) is 7. The Morgan fingerprint density at radius 2 is 1.67 bits per heavy atom. The van der Waals surface area contributed by atoms with Crippen LogP contribution in [0.5, 0.6) is 0 Å². The fourth-order valence-electron chi connectivity index (χ4n) is 9.77. The van der Waals surface area contributed by atoms with Crippen molar-refractivity contribution >= 4 is 17.8 Å². The van der Waals surface area contributed by atoms with E-state index < -0.39 is 5.97 Å². The van der Waals surface area contributed by atoms with Crippen molar-refractivity contribution in [1.82, 2.24) is 5.32 Å². The van der Waals surface area contributed by atoms with E-state index in [1.807, 2.05) is 0 Å². The summed E-state index contributed by atoms with van der Waals surface area (Å²) in [4.78, 5) is 33.4. The quantitative estimate of drug-likeness (QED) is 0.173. The fourth-order valence-corrected chi connectivity index (χ4v) is 9.77. The minimum absolute atomic E-state index is 0. The Morgan fingerprint density at radius 1 is 0.957 bits per heavy atom. The number of carboxylic acid groups (broad SMARTS) is 1. The predicted molar refractivity (Wildman–Crippen MR) is 174 cm³/mol. The van der Waals surface area contributed by atoms with Crippen LogP contribution in [0.25, 0.3) is 0 Å². The molecule has 4 aliphatic carbocycles. The summed E-state index contributed by atoms with van der Waals surface area (Å²) in [5, 5.41) is 12.2. The Morgan fingerprint density at radius 3 is 2.30 bits per heavy atom. The first-order valence-corrected chi connectivity index (χ1v) is 17.7. The second kappa shape index (κ2) is 19.3. The minimum Gasteiger partial charge on any atom is -0.548 e. The number of ether oxygens (including phenoxy) is 3. The van der Waals surface area contributed by atoms with Crippen LogP contribution in [0.15, 0.2) is 11.6 Å². The van der Waals surface area contributed by atoms with Crippen LogP contribution in [0.3, 0.4) is 0 Å². The number of hydrogen-bond donors (Lipinski definition) is 1. The molecule has 0 bridgehead atoms. The second-order valence-electron chi connectivity index (χ2n) is 15.4. The van der Waals surface area contributed by atoms with Gasteiger partial charge in [-0.2, -0.15) is 0 Å². The number of fused-ring (bicyclic) bond motifs is 5. The van der Waals surface area contributed by atoms with Crippen molar-refractivity contribution in [2.45, 2.75) is 124 Å². The monoisotopic (exact) mass is 655 g/mol. The Hall–Kier alpha value is -0.930. The summed E-state index contributed by atoms with van der Waals surface area (Å²) >= 11 is 0. The zero-order chi connectivity index (χ0) is 33.2. The molecule has 0 unspecified atom stereocenters. The van der Waals surface area contributed by atoms with Crippen molar-refractivity contribution < 1.29 is 63.3 Å². The molecule has 0 spiro atoms. The van der Waals surface area contributed by atoms with Gasteiger partial charge in [-0.1, -0.05) is 65.5 Å². The number of methoxy groups -OCH3 is 2. The van der Waals surface area contributed by atoms with Gasteiger partial charge in [0.15, 0.2) is 5.78 Å². The number of nitrogens with one attached hydrogen (secondary N) is 1. The van der Waals surface area contributed by atoms with Gasteiger partial charge in [0.1, 0.15) is 12.7 Å². The summed E-state index contributed by atoms with van der Waals surface area (Å²) in [6.45, 7) is 12.8. The number of carbonyl (C=O) groups excluding carboxylic acids is 3. The normalized spacial score (nSPS) is 31.9. The minimum atomic E-state index is -1.18. The standard InChI is InChI=1S/C34H57NO4.C3H6O3.Na/c1-23(2)9-7-10-24(3)29-14-15-30-28-13-12-25-21-27(39-32(37)35-20-8-11-26(36)22-38-6)16-18-33(25,4)31(28)17-19-34(29,30)5;1-6-2-3(4)5;/h12,23-24,27-31H,7-11,13-22H2,1-6H3,(H,35,37);2H2,1H3,(H,4,5);/q;;+1/p-1/t24-,27+,28+,29-,30+,31+,33+,34-;;/m1../s1. The Balaban J connectivity index is 0.000000960. The molecule has 0 radical (unpaired) electrons. The van der Waals surface area contributed by atoms with Crippen molar-refractivity contribution in [3.63, 3.8) is 0 Å². The predicted octanol–water partition coefficient (Wildman–Crippen LogP) is 3.51. The van der Waals surface area contributed by atoms with Gasteiger partial charge in [-0.3, -0.25) is 4.79 Å². The maximum atomic E-state index is 12.4. The van der Waals surface area contributed by atoms with E-state index in [9.17, 15) is 19.5 Å². The van der Waals surface area contributed by atoms with Crippen molar-refractivity contribution in [2.24, 2.45) is 46.3 Å². The summed E-state index contributed by atoms with van der Waals surface area (Å²) < 4.78 is 14.8. The van der Waals surface area contributed by atoms with E-state index >= 15 is 0 Å². The molecular formula is C37H62NNaO7. The number of allylic oxidation sites excluding steroid dienone is 1. The van der Waals surface area contributed by atoms with E-state index in [2.05, 4.69) is 50.7 Å². The second-order valence-corrected chi connectivity index (χ2v) is 15.4. The number of carbonyl (C=O) groups is 3. The molecule has 0 heterocycles. The number of amides is 1. The molecule has 0 aromatic heterocycles. The molecular weight excluding hydrogens is 593 g/mol. The van der Waals surface area contributed by atoms with Crippen molar-refractivity contribution in [1.29, 1.82) is 0 Å². The van der Waals surface area contributed by atoms with Crippen LogP contribution in [0, 0.1) is 46.3 Å². The van der Waals surface area contributed by atoms with Gasteiger partial charge >= 0.3 is 35.7 Å². The molecule has 9 heteroatoms. The number of carboxylic acids is 1. The van der Waals surface area contributed by atoms with Gasteiger partial charge in [-0.25, -0.2) is 4.79 Å². The molecule has 8 nitrogen and oxygen atoms in total. The number of Topliss-reactive ketones (excluding diaryl/α,β-unsaturated/α-hetero) is 1. The molecule has 46 heavy (non-hydrogen) atoms. The van der Waals surface area contributed by atoms with Crippen LogP contribution < -0.4 is 40.0 Å². The van der Waals surface area contributed by atoms with Gasteiger partial charge in [-0.15, -0.1) is 0 Å². The maximum Gasteiger partial charge on any atom is 1.00 e. The first-order valence-electron chi connectivity index (χ1n) is 17.7. The molecule has 0 aromatic carbocycles. The van der Waals surface area contributed by atoms with Crippen molar-refractivity contribution in [3.8, 4) is 0 Å². The summed E-state index contributed by atoms with van der Waals surface area (Å²) in [7, 11) is 2.83. The molecule has 4 rings (SSSR count). The first-order chi connectivity index (χ1) is 21.3. The summed E-state index contributed by atoms with van der Waals surface area (Å²) in [5.41, 5.74) is 2.34. The third-order valence-corrected chi connectivity index (χ3v) is 12.0. The Bertz CT molecular complexity index is 1020. The van der Waals surface area contributed by atoms with Crippen LogP contribution in [-0.2, 0) is 23.8 Å². The molecule has 1 N–H and O–H groups in total. The summed E-state index contributed by atoms with van der Waals surface area (Å²) in [6.07, 6.45) is 17.2. The average Bonchev–Trinajstić information content (AvgIpc) is 3.33. The molecule has 3 fully saturated rings. The zero-order valence-corrected chi connectivity index (χ0v) is 32.3. The van der Waals surface area contributed by atoms with Crippen LogP contribution in [-0.4, -0.2) is 57.9 Å². The number of rotatable bonds is 14. The van der Waals surface area contributed by atoms with Crippen molar-refractivity contribution in [3.05, 3.63) is 11.6 Å². The SMILES string of the molecule is COCC(=O)CCCNC(=O)O[C@H]1CC[C@@]2(C)C(=CC[C@H]3[C@@H]4CC[C@H]([C@H](C)CCCC(C)C)[C@@]4(C)CC[C@@H]32)C1.COCC(=O)[O-].[Na+]. The van der Waals surface area contributed by atoms with Gasteiger partial charge in [0.25, 0.3) is 0 Å². The van der Waals surface area contributed by atoms with Gasteiger partial charge in [-0.05, 0) is 97.7 Å². The smallest absolute Gasteiger partial charge is 0.548 e. The van der Waals surface area contributed by atoms with Crippen LogP contribution in [0.4, 0.5) is 4.79 Å². The van der Waals surface area contributed by atoms with Crippen LogP contribution in [0.2, 0.25) is 0 Å². The van der Waals surface area contributed by atoms with E-state index in [-0.39, 0.29) is 66.2 Å². The molecule has 8 atom stereocenters. The maximum absolute atomic E-state index is 12.4. The fraction of sp³-hybridized carbons (Fsp3) is 0.865. The largest absolute Gasteiger partial charge is 1.00 e. The first kappa shape index (κ1) is 41.2. The zero-order valence-electron chi connectivity index (χ0n) is 30.3. The number of ketones is 1. The number of aliphatic carboxylic acids is 1. The molecule has 258 valence electrons. The molecule has 0 aliphatic heterocycles. The van der Waals surface area contributed by atoms with Gasteiger partial charge in [0, 0.05) is 33.6 Å². The molecule has 4 aliphatic rings. The summed E-state index contributed by atoms with van der Waals surface area (Å²) in [6, 6.07) is 0.